The molecule has 0 fully saturated rings. The molecule has 0 unspecified atom stereocenters. The van der Waals surface area contributed by atoms with Gasteiger partial charge in [0.1, 0.15) is 17.2 Å². The second-order valence-electron chi connectivity index (χ2n) is 5.02. The van der Waals surface area contributed by atoms with Crippen LogP contribution in [0.3, 0.4) is 0 Å². The molecule has 0 aliphatic carbocycles. The zero-order valence-electron chi connectivity index (χ0n) is 12.6. The molecule has 0 spiro atoms. The lowest BCUT2D eigenvalue weighted by Gasteiger charge is -2.12. The van der Waals surface area contributed by atoms with E-state index in [1.54, 1.807) is 19.9 Å². The van der Waals surface area contributed by atoms with Gasteiger partial charge < -0.3 is 9.72 Å². The number of halogens is 3. The SMILES string of the molecule is COC(=O)c1cc(-c2nc(C)[nH]c2C(F)(F)F)c(C)cc1C. The van der Waals surface area contributed by atoms with Crippen LogP contribution >= 0.6 is 0 Å². The van der Waals surface area contributed by atoms with Crippen LogP contribution in [0.5, 0.6) is 0 Å². The van der Waals surface area contributed by atoms with E-state index in [1.165, 1.54) is 20.1 Å². The molecule has 0 saturated carbocycles. The minimum atomic E-state index is -4.56. The number of ether oxygens (including phenoxy) is 1. The molecule has 0 bridgehead atoms. The second-order valence-corrected chi connectivity index (χ2v) is 5.02. The zero-order valence-corrected chi connectivity index (χ0v) is 12.6. The number of esters is 1. The molecule has 1 aromatic carbocycles. The molecule has 0 saturated heterocycles. The van der Waals surface area contributed by atoms with Crippen molar-refractivity contribution in [3.63, 3.8) is 0 Å². The Morgan fingerprint density at radius 3 is 2.36 bits per heavy atom. The molecular weight excluding hydrogens is 297 g/mol. The number of alkyl halides is 3. The Morgan fingerprint density at radius 1 is 1.18 bits per heavy atom. The smallest absolute Gasteiger partial charge is 0.433 e. The summed E-state index contributed by atoms with van der Waals surface area (Å²) in [6, 6.07) is 3.03. The summed E-state index contributed by atoms with van der Waals surface area (Å²) in [6.45, 7) is 4.82. The maximum absolute atomic E-state index is 13.1. The first-order valence-electron chi connectivity index (χ1n) is 6.49. The molecule has 0 amide bonds. The Labute approximate surface area is 125 Å². The Morgan fingerprint density at radius 2 is 1.82 bits per heavy atom. The van der Waals surface area contributed by atoms with Gasteiger partial charge in [-0.2, -0.15) is 13.2 Å². The van der Waals surface area contributed by atoms with Gasteiger partial charge in [-0.3, -0.25) is 0 Å². The number of hydrogen-bond donors (Lipinski definition) is 1. The molecule has 0 aliphatic rings. The molecule has 2 aromatic rings. The molecular formula is C15H15F3N2O2. The van der Waals surface area contributed by atoms with E-state index in [0.717, 1.165) is 0 Å². The van der Waals surface area contributed by atoms with Crippen molar-refractivity contribution >= 4 is 5.97 Å². The van der Waals surface area contributed by atoms with Crippen LogP contribution in [0.1, 0.15) is 33.0 Å². The molecule has 0 aliphatic heterocycles. The molecule has 118 valence electrons. The summed E-state index contributed by atoms with van der Waals surface area (Å²) in [7, 11) is 1.22. The van der Waals surface area contributed by atoms with Crippen molar-refractivity contribution in [2.24, 2.45) is 0 Å². The van der Waals surface area contributed by atoms with E-state index in [2.05, 4.69) is 14.7 Å². The third-order valence-electron chi connectivity index (χ3n) is 3.34. The number of hydrogen-bond acceptors (Lipinski definition) is 3. The largest absolute Gasteiger partial charge is 0.465 e. The molecule has 0 radical (unpaired) electrons. The molecule has 1 N–H and O–H groups in total. The number of nitrogens with one attached hydrogen (secondary N) is 1. The highest BCUT2D eigenvalue weighted by Gasteiger charge is 2.37. The average Bonchev–Trinajstić information content (AvgIpc) is 2.80. The van der Waals surface area contributed by atoms with Crippen molar-refractivity contribution in [2.45, 2.75) is 26.9 Å². The van der Waals surface area contributed by atoms with Gasteiger partial charge >= 0.3 is 12.1 Å². The van der Waals surface area contributed by atoms with Gasteiger partial charge in [0.2, 0.25) is 0 Å². The highest BCUT2D eigenvalue weighted by molar-refractivity contribution is 5.93. The lowest BCUT2D eigenvalue weighted by molar-refractivity contribution is -0.140. The van der Waals surface area contributed by atoms with Crippen LogP contribution < -0.4 is 0 Å². The van der Waals surface area contributed by atoms with Crippen molar-refractivity contribution < 1.29 is 22.7 Å². The van der Waals surface area contributed by atoms with Crippen LogP contribution in [-0.2, 0) is 10.9 Å². The summed E-state index contributed by atoms with van der Waals surface area (Å²) in [5, 5.41) is 0. The average molecular weight is 312 g/mol. The summed E-state index contributed by atoms with van der Waals surface area (Å²) >= 11 is 0. The lowest BCUT2D eigenvalue weighted by atomic mass is 9.97. The van der Waals surface area contributed by atoms with Gasteiger partial charge in [-0.05, 0) is 38.0 Å². The molecule has 1 aromatic heterocycles. The number of carbonyl (C=O) groups excluding carboxylic acids is 1. The monoisotopic (exact) mass is 312 g/mol. The van der Waals surface area contributed by atoms with Crippen LogP contribution in [0.2, 0.25) is 0 Å². The first-order valence-corrected chi connectivity index (χ1v) is 6.49. The van der Waals surface area contributed by atoms with Crippen LogP contribution in [0.25, 0.3) is 11.3 Å². The standard InChI is InChI=1S/C15H15F3N2O2/c1-7-5-8(2)11(14(21)22-4)6-10(7)12-13(15(16,17)18)20-9(3)19-12/h5-6H,1-4H3,(H,19,20). The van der Waals surface area contributed by atoms with E-state index in [4.69, 9.17) is 0 Å². The van der Waals surface area contributed by atoms with Crippen LogP contribution in [0.4, 0.5) is 13.2 Å². The fourth-order valence-corrected chi connectivity index (χ4v) is 2.33. The molecule has 4 nitrogen and oxygen atoms in total. The van der Waals surface area contributed by atoms with Crippen LogP contribution in [0.15, 0.2) is 12.1 Å². The van der Waals surface area contributed by atoms with E-state index >= 15 is 0 Å². The van der Waals surface area contributed by atoms with E-state index in [9.17, 15) is 18.0 Å². The Balaban J connectivity index is 2.71. The third kappa shape index (κ3) is 2.84. The van der Waals surface area contributed by atoms with Crippen molar-refractivity contribution in [2.75, 3.05) is 7.11 Å². The van der Waals surface area contributed by atoms with Gasteiger partial charge in [0.25, 0.3) is 0 Å². The minimum absolute atomic E-state index is 0.155. The zero-order chi connectivity index (χ0) is 16.7. The highest BCUT2D eigenvalue weighted by atomic mass is 19.4. The first-order chi connectivity index (χ1) is 10.1. The third-order valence-corrected chi connectivity index (χ3v) is 3.34. The normalized spacial score (nSPS) is 11.6. The number of methoxy groups -OCH3 is 1. The number of H-pyrrole nitrogens is 1. The van der Waals surface area contributed by atoms with Crippen LogP contribution in [-0.4, -0.2) is 23.0 Å². The van der Waals surface area contributed by atoms with Gasteiger partial charge in [0.05, 0.1) is 12.7 Å². The number of aromatic amines is 1. The molecule has 22 heavy (non-hydrogen) atoms. The number of benzene rings is 1. The van der Waals surface area contributed by atoms with Gasteiger partial charge in [-0.1, -0.05) is 6.07 Å². The Bertz CT molecular complexity index is 733. The second kappa shape index (κ2) is 5.47. The number of carbonyl (C=O) groups is 1. The quantitative estimate of drug-likeness (QED) is 0.858. The number of aryl methyl sites for hydroxylation is 3. The van der Waals surface area contributed by atoms with E-state index in [1.807, 2.05) is 0 Å². The maximum Gasteiger partial charge on any atom is 0.433 e. The van der Waals surface area contributed by atoms with E-state index in [-0.39, 0.29) is 22.6 Å². The fourth-order valence-electron chi connectivity index (χ4n) is 2.33. The van der Waals surface area contributed by atoms with Crippen molar-refractivity contribution in [3.05, 3.63) is 40.3 Å². The maximum atomic E-state index is 13.1. The Kier molecular flexibility index (Phi) is 4.00. The fraction of sp³-hybridized carbons (Fsp3) is 0.333. The van der Waals surface area contributed by atoms with Gasteiger partial charge in [-0.25, -0.2) is 9.78 Å². The van der Waals surface area contributed by atoms with Gasteiger partial charge in [-0.15, -0.1) is 0 Å². The minimum Gasteiger partial charge on any atom is -0.465 e. The number of rotatable bonds is 2. The topological polar surface area (TPSA) is 55.0 Å². The van der Waals surface area contributed by atoms with E-state index in [0.29, 0.717) is 11.1 Å². The number of imidazole rings is 1. The summed E-state index contributed by atoms with van der Waals surface area (Å²) in [5.74, 6) is -0.443. The van der Waals surface area contributed by atoms with Crippen molar-refractivity contribution in [3.8, 4) is 11.3 Å². The molecule has 7 heteroatoms. The summed E-state index contributed by atoms with van der Waals surface area (Å²) < 4.78 is 44.0. The number of nitrogens with zero attached hydrogens (tertiary/aromatic N) is 1. The molecule has 2 rings (SSSR count). The highest BCUT2D eigenvalue weighted by Crippen LogP contribution is 2.37. The summed E-state index contributed by atoms with van der Waals surface area (Å²) in [5.41, 5.74) is 0.566. The van der Waals surface area contributed by atoms with Crippen molar-refractivity contribution in [1.29, 1.82) is 0 Å². The van der Waals surface area contributed by atoms with Gasteiger partial charge in [0, 0.05) is 5.56 Å². The number of aromatic nitrogens is 2. The lowest BCUT2D eigenvalue weighted by Crippen LogP contribution is -2.09. The van der Waals surface area contributed by atoms with Gasteiger partial charge in [0.15, 0.2) is 0 Å². The van der Waals surface area contributed by atoms with Crippen molar-refractivity contribution in [1.82, 2.24) is 9.97 Å². The predicted octanol–water partition coefficient (Wildman–Crippen LogP) is 3.81. The van der Waals surface area contributed by atoms with E-state index < -0.39 is 17.8 Å². The molecule has 0 atom stereocenters. The summed E-state index contributed by atoms with van der Waals surface area (Å²) in [4.78, 5) is 17.9. The summed E-state index contributed by atoms with van der Waals surface area (Å²) in [6.07, 6.45) is -4.56. The molecule has 1 heterocycles. The van der Waals surface area contributed by atoms with Crippen LogP contribution in [0, 0.1) is 20.8 Å². The first kappa shape index (κ1) is 16.1. The predicted molar refractivity (Wildman–Crippen MR) is 74.6 cm³/mol. The Hall–Kier alpha value is -2.31.